The second kappa shape index (κ2) is 10.5. The SMILES string of the molecule is CC(C)Oc1ccccc1OC(=O)c1ccc(C(=O)Oc2ccccc2OC(C)C)cc1. The first-order valence-electron chi connectivity index (χ1n) is 10.4. The van der Waals surface area contributed by atoms with Gasteiger partial charge in [0.2, 0.25) is 0 Å². The average Bonchev–Trinajstić information content (AvgIpc) is 2.76. The van der Waals surface area contributed by atoms with E-state index < -0.39 is 11.9 Å². The van der Waals surface area contributed by atoms with E-state index in [4.69, 9.17) is 18.9 Å². The fourth-order valence-electron chi connectivity index (χ4n) is 2.83. The monoisotopic (exact) mass is 434 g/mol. The Bertz CT molecular complexity index is 983. The Labute approximate surface area is 187 Å². The molecule has 0 unspecified atom stereocenters. The van der Waals surface area contributed by atoms with Gasteiger partial charge < -0.3 is 18.9 Å². The number of rotatable bonds is 8. The van der Waals surface area contributed by atoms with Crippen molar-refractivity contribution in [2.75, 3.05) is 0 Å². The maximum absolute atomic E-state index is 12.6. The summed E-state index contributed by atoms with van der Waals surface area (Å²) in [5.41, 5.74) is 0.592. The van der Waals surface area contributed by atoms with Gasteiger partial charge in [-0.05, 0) is 76.2 Å². The molecule has 0 aliphatic rings. The molecular formula is C26H26O6. The molecule has 32 heavy (non-hydrogen) atoms. The van der Waals surface area contributed by atoms with Crippen LogP contribution in [0, 0.1) is 0 Å². The molecule has 0 aliphatic carbocycles. The molecule has 0 amide bonds. The van der Waals surface area contributed by atoms with E-state index in [9.17, 15) is 9.59 Å². The number of para-hydroxylation sites is 4. The average molecular weight is 434 g/mol. The minimum absolute atomic E-state index is 0.0591. The van der Waals surface area contributed by atoms with Crippen molar-refractivity contribution in [1.82, 2.24) is 0 Å². The van der Waals surface area contributed by atoms with E-state index >= 15 is 0 Å². The molecule has 6 nitrogen and oxygen atoms in total. The van der Waals surface area contributed by atoms with Crippen molar-refractivity contribution in [2.24, 2.45) is 0 Å². The molecule has 0 spiro atoms. The molecule has 166 valence electrons. The zero-order valence-electron chi connectivity index (χ0n) is 18.5. The Hall–Kier alpha value is -3.80. The van der Waals surface area contributed by atoms with Gasteiger partial charge in [0, 0.05) is 0 Å². The van der Waals surface area contributed by atoms with E-state index in [1.165, 1.54) is 24.3 Å². The summed E-state index contributed by atoms with van der Waals surface area (Å²) in [5, 5.41) is 0. The van der Waals surface area contributed by atoms with Crippen molar-refractivity contribution >= 4 is 11.9 Å². The lowest BCUT2D eigenvalue weighted by Crippen LogP contribution is -2.13. The second-order valence-electron chi connectivity index (χ2n) is 7.58. The summed E-state index contributed by atoms with van der Waals surface area (Å²) in [5.74, 6) is 0.519. The van der Waals surface area contributed by atoms with Crippen molar-refractivity contribution < 1.29 is 28.5 Å². The predicted molar refractivity (Wildman–Crippen MR) is 121 cm³/mol. The smallest absolute Gasteiger partial charge is 0.343 e. The quantitative estimate of drug-likeness (QED) is 0.335. The molecule has 0 atom stereocenters. The van der Waals surface area contributed by atoms with Gasteiger partial charge in [-0.2, -0.15) is 0 Å². The molecule has 0 radical (unpaired) electrons. The van der Waals surface area contributed by atoms with Gasteiger partial charge in [0.1, 0.15) is 0 Å². The van der Waals surface area contributed by atoms with E-state index in [-0.39, 0.29) is 12.2 Å². The highest BCUT2D eigenvalue weighted by Gasteiger charge is 2.16. The van der Waals surface area contributed by atoms with Crippen LogP contribution in [0.3, 0.4) is 0 Å². The maximum Gasteiger partial charge on any atom is 0.343 e. The van der Waals surface area contributed by atoms with Crippen LogP contribution in [0.15, 0.2) is 72.8 Å². The summed E-state index contributed by atoms with van der Waals surface area (Å²) < 4.78 is 22.3. The molecule has 3 rings (SSSR count). The first-order valence-corrected chi connectivity index (χ1v) is 10.4. The molecule has 0 saturated carbocycles. The fraction of sp³-hybridized carbons (Fsp3) is 0.231. The van der Waals surface area contributed by atoms with Crippen LogP contribution in [0.1, 0.15) is 48.4 Å². The normalized spacial score (nSPS) is 10.7. The molecule has 0 bridgehead atoms. The Morgan fingerprint density at radius 2 is 0.844 bits per heavy atom. The summed E-state index contributed by atoms with van der Waals surface area (Å²) in [7, 11) is 0. The van der Waals surface area contributed by atoms with Crippen LogP contribution in [0.2, 0.25) is 0 Å². The van der Waals surface area contributed by atoms with Crippen LogP contribution in [0.5, 0.6) is 23.0 Å². The zero-order valence-corrected chi connectivity index (χ0v) is 18.5. The third-order valence-corrected chi connectivity index (χ3v) is 4.19. The molecule has 0 fully saturated rings. The zero-order chi connectivity index (χ0) is 23.1. The third-order valence-electron chi connectivity index (χ3n) is 4.19. The van der Waals surface area contributed by atoms with E-state index in [1.807, 2.05) is 27.7 Å². The summed E-state index contributed by atoms with van der Waals surface area (Å²) in [4.78, 5) is 25.1. The predicted octanol–water partition coefficient (Wildman–Crippen LogP) is 5.70. The van der Waals surface area contributed by atoms with E-state index in [0.29, 0.717) is 34.1 Å². The van der Waals surface area contributed by atoms with E-state index in [2.05, 4.69) is 0 Å². The Kier molecular flexibility index (Phi) is 7.49. The minimum Gasteiger partial charge on any atom is -0.487 e. The second-order valence-corrected chi connectivity index (χ2v) is 7.58. The summed E-state index contributed by atoms with van der Waals surface area (Å²) in [6, 6.07) is 20.0. The fourth-order valence-corrected chi connectivity index (χ4v) is 2.83. The Balaban J connectivity index is 1.69. The molecule has 3 aromatic rings. The van der Waals surface area contributed by atoms with Crippen LogP contribution in [0.25, 0.3) is 0 Å². The van der Waals surface area contributed by atoms with Crippen LogP contribution in [0.4, 0.5) is 0 Å². The van der Waals surface area contributed by atoms with Gasteiger partial charge in [0.05, 0.1) is 23.3 Å². The highest BCUT2D eigenvalue weighted by atomic mass is 16.6. The topological polar surface area (TPSA) is 71.1 Å². The van der Waals surface area contributed by atoms with Crippen LogP contribution in [-0.4, -0.2) is 24.1 Å². The number of hydrogen-bond acceptors (Lipinski definition) is 6. The molecular weight excluding hydrogens is 408 g/mol. The number of hydrogen-bond donors (Lipinski definition) is 0. The molecule has 0 aromatic heterocycles. The molecule has 0 N–H and O–H groups in total. The minimum atomic E-state index is -0.555. The van der Waals surface area contributed by atoms with E-state index in [0.717, 1.165) is 0 Å². The van der Waals surface area contributed by atoms with Crippen LogP contribution < -0.4 is 18.9 Å². The van der Waals surface area contributed by atoms with Crippen molar-refractivity contribution in [2.45, 2.75) is 39.9 Å². The molecule has 0 aliphatic heterocycles. The van der Waals surface area contributed by atoms with E-state index in [1.54, 1.807) is 48.5 Å². The van der Waals surface area contributed by atoms with Gasteiger partial charge >= 0.3 is 11.9 Å². The molecule has 6 heteroatoms. The van der Waals surface area contributed by atoms with Gasteiger partial charge in [0.15, 0.2) is 23.0 Å². The lowest BCUT2D eigenvalue weighted by Gasteiger charge is -2.14. The van der Waals surface area contributed by atoms with Gasteiger partial charge in [0.25, 0.3) is 0 Å². The largest absolute Gasteiger partial charge is 0.487 e. The van der Waals surface area contributed by atoms with Crippen molar-refractivity contribution in [3.8, 4) is 23.0 Å². The summed E-state index contributed by atoms with van der Waals surface area (Å²) in [6.07, 6.45) is -0.118. The molecule has 0 saturated heterocycles. The summed E-state index contributed by atoms with van der Waals surface area (Å²) >= 11 is 0. The van der Waals surface area contributed by atoms with Crippen LogP contribution in [-0.2, 0) is 0 Å². The number of benzene rings is 3. The maximum atomic E-state index is 12.6. The lowest BCUT2D eigenvalue weighted by atomic mass is 10.1. The van der Waals surface area contributed by atoms with Gasteiger partial charge in [-0.15, -0.1) is 0 Å². The number of ether oxygens (including phenoxy) is 4. The van der Waals surface area contributed by atoms with Crippen molar-refractivity contribution in [1.29, 1.82) is 0 Å². The third kappa shape index (κ3) is 6.11. The molecule has 3 aromatic carbocycles. The first kappa shape index (κ1) is 22.9. The number of carbonyl (C=O) groups excluding carboxylic acids is 2. The van der Waals surface area contributed by atoms with Gasteiger partial charge in [-0.25, -0.2) is 9.59 Å². The molecule has 0 heterocycles. The lowest BCUT2D eigenvalue weighted by molar-refractivity contribution is 0.0711. The Morgan fingerprint density at radius 1 is 0.531 bits per heavy atom. The summed E-state index contributed by atoms with van der Waals surface area (Å²) in [6.45, 7) is 7.57. The van der Waals surface area contributed by atoms with Crippen LogP contribution >= 0.6 is 0 Å². The highest BCUT2D eigenvalue weighted by molar-refractivity contribution is 5.95. The van der Waals surface area contributed by atoms with Crippen molar-refractivity contribution in [3.63, 3.8) is 0 Å². The van der Waals surface area contributed by atoms with Crippen molar-refractivity contribution in [3.05, 3.63) is 83.9 Å². The standard InChI is InChI=1S/C26H26O6/c1-17(2)29-21-9-5-7-11-23(21)31-25(27)19-13-15-20(16-14-19)26(28)32-24-12-8-6-10-22(24)30-18(3)4/h5-18H,1-4H3. The highest BCUT2D eigenvalue weighted by Crippen LogP contribution is 2.29. The Morgan fingerprint density at radius 3 is 1.16 bits per heavy atom. The van der Waals surface area contributed by atoms with Gasteiger partial charge in [-0.3, -0.25) is 0 Å². The van der Waals surface area contributed by atoms with Gasteiger partial charge in [-0.1, -0.05) is 24.3 Å². The first-order chi connectivity index (χ1) is 15.3. The number of carbonyl (C=O) groups is 2. The number of esters is 2.